The first-order valence-corrected chi connectivity index (χ1v) is 6.82. The second kappa shape index (κ2) is 6.52. The fourth-order valence-corrected chi connectivity index (χ4v) is 2.25. The second-order valence-electron chi connectivity index (χ2n) is 5.14. The first kappa shape index (κ1) is 14.5. The Morgan fingerprint density at radius 2 is 2.05 bits per heavy atom. The molecule has 2 aromatic rings. The summed E-state index contributed by atoms with van der Waals surface area (Å²) in [5, 5.41) is 7.94. The van der Waals surface area contributed by atoms with Crippen LogP contribution in [0.4, 0.5) is 0 Å². The van der Waals surface area contributed by atoms with Gasteiger partial charge in [-0.25, -0.2) is 4.98 Å². The second-order valence-corrected chi connectivity index (χ2v) is 5.14. The van der Waals surface area contributed by atoms with E-state index in [9.17, 15) is 0 Å². The smallest absolute Gasteiger partial charge is 0.217 e. The van der Waals surface area contributed by atoms with E-state index in [0.29, 0.717) is 11.8 Å². The number of pyridine rings is 1. The zero-order valence-electron chi connectivity index (χ0n) is 12.6. The molecule has 0 saturated carbocycles. The Hall–Kier alpha value is -1.88. The van der Waals surface area contributed by atoms with Crippen LogP contribution in [0.1, 0.15) is 36.6 Å². The van der Waals surface area contributed by atoms with Crippen LogP contribution in [0.3, 0.4) is 0 Å². The van der Waals surface area contributed by atoms with Crippen LogP contribution in [0.5, 0.6) is 5.88 Å². The van der Waals surface area contributed by atoms with Crippen molar-refractivity contribution in [2.45, 2.75) is 32.9 Å². The van der Waals surface area contributed by atoms with Crippen molar-refractivity contribution in [3.05, 3.63) is 41.3 Å². The largest absolute Gasteiger partial charge is 0.481 e. The lowest BCUT2D eigenvalue weighted by molar-refractivity contribution is 0.390. The summed E-state index contributed by atoms with van der Waals surface area (Å²) in [4.78, 5) is 4.19. The van der Waals surface area contributed by atoms with Gasteiger partial charge in [-0.05, 0) is 12.0 Å². The van der Waals surface area contributed by atoms with Gasteiger partial charge in [0.2, 0.25) is 5.88 Å². The van der Waals surface area contributed by atoms with Gasteiger partial charge in [-0.2, -0.15) is 5.10 Å². The van der Waals surface area contributed by atoms with Gasteiger partial charge in [-0.1, -0.05) is 19.9 Å². The highest BCUT2D eigenvalue weighted by atomic mass is 16.5. The number of methoxy groups -OCH3 is 1. The molecule has 0 fully saturated rings. The quantitative estimate of drug-likeness (QED) is 0.877. The number of hydrogen-bond donors (Lipinski definition) is 1. The first-order valence-electron chi connectivity index (χ1n) is 6.82. The van der Waals surface area contributed by atoms with E-state index in [1.54, 1.807) is 13.3 Å². The molecule has 0 bridgehead atoms. The van der Waals surface area contributed by atoms with Gasteiger partial charge in [-0.15, -0.1) is 0 Å². The lowest BCUT2D eigenvalue weighted by atomic mass is 10.1. The monoisotopic (exact) mass is 274 g/mol. The van der Waals surface area contributed by atoms with Gasteiger partial charge in [0.15, 0.2) is 0 Å². The number of ether oxygens (including phenoxy) is 1. The van der Waals surface area contributed by atoms with Crippen LogP contribution in [0.15, 0.2) is 24.5 Å². The minimum Gasteiger partial charge on any atom is -0.481 e. The van der Waals surface area contributed by atoms with Crippen LogP contribution in [-0.2, 0) is 20.1 Å². The predicted molar refractivity (Wildman–Crippen MR) is 78.6 cm³/mol. The average Bonchev–Trinajstić information content (AvgIpc) is 2.81. The van der Waals surface area contributed by atoms with Gasteiger partial charge in [0.1, 0.15) is 0 Å². The third kappa shape index (κ3) is 3.36. The molecule has 0 saturated heterocycles. The Morgan fingerprint density at radius 3 is 2.75 bits per heavy atom. The number of hydrogen-bond acceptors (Lipinski definition) is 4. The highest BCUT2D eigenvalue weighted by Gasteiger charge is 2.11. The van der Waals surface area contributed by atoms with E-state index >= 15 is 0 Å². The summed E-state index contributed by atoms with van der Waals surface area (Å²) in [6.45, 7) is 5.84. The highest BCUT2D eigenvalue weighted by molar-refractivity contribution is 5.25. The average molecular weight is 274 g/mol. The lowest BCUT2D eigenvalue weighted by Gasteiger charge is -2.09. The molecule has 0 spiro atoms. The van der Waals surface area contributed by atoms with Crippen molar-refractivity contribution in [3.63, 3.8) is 0 Å². The molecule has 0 atom stereocenters. The maximum atomic E-state index is 5.25. The van der Waals surface area contributed by atoms with Crippen molar-refractivity contribution in [3.8, 4) is 5.88 Å². The highest BCUT2D eigenvalue weighted by Crippen LogP contribution is 2.18. The molecule has 0 unspecified atom stereocenters. The molecule has 0 aliphatic heterocycles. The number of nitrogens with one attached hydrogen (secondary N) is 1. The molecule has 0 radical (unpaired) electrons. The van der Waals surface area contributed by atoms with Crippen molar-refractivity contribution in [2.24, 2.45) is 7.05 Å². The molecule has 0 aromatic carbocycles. The molecule has 0 amide bonds. The number of aromatic nitrogens is 3. The Labute approximate surface area is 120 Å². The molecule has 1 N–H and O–H groups in total. The normalized spacial score (nSPS) is 11.1. The zero-order chi connectivity index (χ0) is 14.5. The Bertz CT molecular complexity index is 563. The molecule has 0 aliphatic carbocycles. The fourth-order valence-electron chi connectivity index (χ4n) is 2.25. The Balaban J connectivity index is 1.99. The molecule has 2 heterocycles. The summed E-state index contributed by atoms with van der Waals surface area (Å²) in [5.41, 5.74) is 3.45. The van der Waals surface area contributed by atoms with Crippen LogP contribution in [0, 0.1) is 0 Å². The molecule has 5 heteroatoms. The number of rotatable bonds is 6. The fraction of sp³-hybridized carbons (Fsp3) is 0.467. The predicted octanol–water partition coefficient (Wildman–Crippen LogP) is 2.24. The molecule has 0 aliphatic rings. The van der Waals surface area contributed by atoms with Gasteiger partial charge < -0.3 is 10.1 Å². The van der Waals surface area contributed by atoms with E-state index in [4.69, 9.17) is 4.74 Å². The minimum absolute atomic E-state index is 0.431. The van der Waals surface area contributed by atoms with Crippen LogP contribution < -0.4 is 10.1 Å². The van der Waals surface area contributed by atoms with E-state index in [0.717, 1.165) is 24.3 Å². The third-order valence-electron chi connectivity index (χ3n) is 3.16. The third-order valence-corrected chi connectivity index (χ3v) is 3.16. The topological polar surface area (TPSA) is 52.0 Å². The lowest BCUT2D eigenvalue weighted by Crippen LogP contribution is -2.14. The van der Waals surface area contributed by atoms with Crippen molar-refractivity contribution in [1.82, 2.24) is 20.1 Å². The van der Waals surface area contributed by atoms with Crippen molar-refractivity contribution >= 4 is 0 Å². The summed E-state index contributed by atoms with van der Waals surface area (Å²) in [7, 11) is 3.60. The first-order chi connectivity index (χ1) is 9.61. The molecule has 5 nitrogen and oxygen atoms in total. The van der Waals surface area contributed by atoms with Crippen LogP contribution in [-0.4, -0.2) is 21.9 Å². The summed E-state index contributed by atoms with van der Waals surface area (Å²) in [6.07, 6.45) is 3.81. The standard InChI is InChI=1S/C15H22N4O/c1-11(2)14-13(10-19(3)18-14)9-16-8-12-6-5-7-17-15(12)20-4/h5-7,10-11,16H,8-9H2,1-4H3. The van der Waals surface area contributed by atoms with Crippen molar-refractivity contribution in [1.29, 1.82) is 0 Å². The van der Waals surface area contributed by atoms with Gasteiger partial charge in [0, 0.05) is 43.7 Å². The van der Waals surface area contributed by atoms with E-state index in [1.165, 1.54) is 5.56 Å². The molecule has 2 rings (SSSR count). The SMILES string of the molecule is COc1ncccc1CNCc1cn(C)nc1C(C)C. The van der Waals surface area contributed by atoms with E-state index in [2.05, 4.69) is 35.4 Å². The summed E-state index contributed by atoms with van der Waals surface area (Å²) < 4.78 is 7.12. The number of nitrogens with zero attached hydrogens (tertiary/aromatic N) is 3. The summed E-state index contributed by atoms with van der Waals surface area (Å²) >= 11 is 0. The molecule has 20 heavy (non-hydrogen) atoms. The Kier molecular flexibility index (Phi) is 4.74. The van der Waals surface area contributed by atoms with E-state index < -0.39 is 0 Å². The van der Waals surface area contributed by atoms with E-state index in [-0.39, 0.29) is 0 Å². The number of aryl methyl sites for hydroxylation is 1. The molecule has 2 aromatic heterocycles. The van der Waals surface area contributed by atoms with Gasteiger partial charge >= 0.3 is 0 Å². The van der Waals surface area contributed by atoms with Gasteiger partial charge in [0.05, 0.1) is 12.8 Å². The Morgan fingerprint density at radius 1 is 1.30 bits per heavy atom. The van der Waals surface area contributed by atoms with Crippen molar-refractivity contribution in [2.75, 3.05) is 7.11 Å². The zero-order valence-corrected chi connectivity index (χ0v) is 12.6. The van der Waals surface area contributed by atoms with Crippen LogP contribution in [0.2, 0.25) is 0 Å². The minimum atomic E-state index is 0.431. The van der Waals surface area contributed by atoms with Crippen LogP contribution >= 0.6 is 0 Å². The molecule has 108 valence electrons. The molecular formula is C15H22N4O. The van der Waals surface area contributed by atoms with Gasteiger partial charge in [-0.3, -0.25) is 4.68 Å². The van der Waals surface area contributed by atoms with Crippen molar-refractivity contribution < 1.29 is 4.74 Å². The maximum Gasteiger partial charge on any atom is 0.217 e. The van der Waals surface area contributed by atoms with Crippen LogP contribution in [0.25, 0.3) is 0 Å². The maximum absolute atomic E-state index is 5.25. The van der Waals surface area contributed by atoms with Gasteiger partial charge in [0.25, 0.3) is 0 Å². The summed E-state index contributed by atoms with van der Waals surface area (Å²) in [6, 6.07) is 3.94. The summed E-state index contributed by atoms with van der Waals surface area (Å²) in [5.74, 6) is 1.11. The van der Waals surface area contributed by atoms with E-state index in [1.807, 2.05) is 23.9 Å². The molecular weight excluding hydrogens is 252 g/mol.